The molecule has 0 amide bonds. The number of rotatable bonds is 3. The number of hydrogen-bond acceptors (Lipinski definition) is 4. The molecular formula is C14H24N4. The fraction of sp³-hybridized carbons (Fsp3) is 0.714. The third kappa shape index (κ3) is 3.19. The standard InChI is InChI=1S/C14H24N4/c1-11-9-15-12(2)14(16-11)18(4)10-13-5-7-17(3)8-6-13/h9,13H,5-8,10H2,1-4H3. The average molecular weight is 248 g/mol. The SMILES string of the molecule is Cc1cnc(C)c(N(C)CC2CCN(C)CC2)n1. The van der Waals surface area contributed by atoms with Gasteiger partial charge in [0.1, 0.15) is 5.82 Å². The van der Waals surface area contributed by atoms with Crippen LogP contribution >= 0.6 is 0 Å². The van der Waals surface area contributed by atoms with Crippen LogP contribution in [0, 0.1) is 19.8 Å². The lowest BCUT2D eigenvalue weighted by atomic mass is 9.97. The summed E-state index contributed by atoms with van der Waals surface area (Å²) >= 11 is 0. The van der Waals surface area contributed by atoms with Crippen LogP contribution in [0.3, 0.4) is 0 Å². The zero-order valence-corrected chi connectivity index (χ0v) is 12.0. The van der Waals surface area contributed by atoms with Crippen LogP contribution in [0.2, 0.25) is 0 Å². The summed E-state index contributed by atoms with van der Waals surface area (Å²) in [5.41, 5.74) is 2.02. The summed E-state index contributed by atoms with van der Waals surface area (Å²) in [4.78, 5) is 13.7. The van der Waals surface area contributed by atoms with Gasteiger partial charge in [0, 0.05) is 19.8 Å². The van der Waals surface area contributed by atoms with Gasteiger partial charge in [-0.05, 0) is 52.7 Å². The molecule has 2 rings (SSSR count). The quantitative estimate of drug-likeness (QED) is 0.817. The van der Waals surface area contributed by atoms with Gasteiger partial charge in [-0.2, -0.15) is 0 Å². The Morgan fingerprint density at radius 2 is 2.00 bits per heavy atom. The van der Waals surface area contributed by atoms with Gasteiger partial charge in [-0.25, -0.2) is 4.98 Å². The van der Waals surface area contributed by atoms with Crippen molar-refractivity contribution in [2.45, 2.75) is 26.7 Å². The lowest BCUT2D eigenvalue weighted by Gasteiger charge is -2.32. The molecular weight excluding hydrogens is 224 g/mol. The summed E-state index contributed by atoms with van der Waals surface area (Å²) in [5, 5.41) is 0. The lowest BCUT2D eigenvalue weighted by Crippen LogP contribution is -2.36. The molecule has 1 aliphatic heterocycles. The second-order valence-electron chi connectivity index (χ2n) is 5.55. The molecule has 0 aromatic carbocycles. The molecule has 0 aliphatic carbocycles. The van der Waals surface area contributed by atoms with Crippen LogP contribution in [0.25, 0.3) is 0 Å². The van der Waals surface area contributed by atoms with Crippen LogP contribution in [0.5, 0.6) is 0 Å². The largest absolute Gasteiger partial charge is 0.358 e. The van der Waals surface area contributed by atoms with Gasteiger partial charge in [-0.1, -0.05) is 0 Å². The molecule has 1 aliphatic rings. The van der Waals surface area contributed by atoms with E-state index in [1.165, 1.54) is 25.9 Å². The maximum absolute atomic E-state index is 4.61. The first kappa shape index (κ1) is 13.3. The zero-order valence-electron chi connectivity index (χ0n) is 12.0. The minimum Gasteiger partial charge on any atom is -0.358 e. The van der Waals surface area contributed by atoms with Crippen LogP contribution in [0.15, 0.2) is 6.20 Å². The molecule has 1 saturated heterocycles. The van der Waals surface area contributed by atoms with Gasteiger partial charge in [0.05, 0.1) is 11.4 Å². The summed E-state index contributed by atoms with van der Waals surface area (Å²) < 4.78 is 0. The van der Waals surface area contributed by atoms with Crippen molar-refractivity contribution in [2.24, 2.45) is 5.92 Å². The van der Waals surface area contributed by atoms with E-state index in [2.05, 4.69) is 33.9 Å². The molecule has 100 valence electrons. The normalized spacial score (nSPS) is 18.0. The Morgan fingerprint density at radius 1 is 1.33 bits per heavy atom. The number of aromatic nitrogens is 2. The Morgan fingerprint density at radius 3 is 2.67 bits per heavy atom. The number of aryl methyl sites for hydroxylation is 2. The van der Waals surface area contributed by atoms with Crippen molar-refractivity contribution in [2.75, 3.05) is 38.6 Å². The molecule has 0 unspecified atom stereocenters. The number of likely N-dealkylation sites (tertiary alicyclic amines) is 1. The first-order valence-corrected chi connectivity index (χ1v) is 6.76. The van der Waals surface area contributed by atoms with Crippen LogP contribution < -0.4 is 4.90 Å². The van der Waals surface area contributed by atoms with Gasteiger partial charge in [-0.3, -0.25) is 4.98 Å². The predicted octanol–water partition coefficient (Wildman–Crippen LogP) is 1.87. The van der Waals surface area contributed by atoms with Crippen molar-refractivity contribution in [1.82, 2.24) is 14.9 Å². The topological polar surface area (TPSA) is 32.3 Å². The molecule has 4 heteroatoms. The van der Waals surface area contributed by atoms with Crippen molar-refractivity contribution in [3.05, 3.63) is 17.6 Å². The minimum atomic E-state index is 0.785. The molecule has 18 heavy (non-hydrogen) atoms. The van der Waals surface area contributed by atoms with E-state index in [1.54, 1.807) is 0 Å². The third-order valence-corrected chi connectivity index (χ3v) is 3.78. The molecule has 0 N–H and O–H groups in total. The van der Waals surface area contributed by atoms with Gasteiger partial charge < -0.3 is 9.80 Å². The van der Waals surface area contributed by atoms with Gasteiger partial charge in [0.15, 0.2) is 0 Å². The maximum Gasteiger partial charge on any atom is 0.150 e. The van der Waals surface area contributed by atoms with E-state index >= 15 is 0 Å². The summed E-state index contributed by atoms with van der Waals surface area (Å²) in [6, 6.07) is 0. The fourth-order valence-electron chi connectivity index (χ4n) is 2.60. The molecule has 0 atom stereocenters. The summed E-state index contributed by atoms with van der Waals surface area (Å²) in [5.74, 6) is 1.82. The van der Waals surface area contributed by atoms with Gasteiger partial charge in [0.2, 0.25) is 0 Å². The van der Waals surface area contributed by atoms with Crippen molar-refractivity contribution >= 4 is 5.82 Å². The Labute approximate surface area is 110 Å². The van der Waals surface area contributed by atoms with E-state index in [4.69, 9.17) is 0 Å². The zero-order chi connectivity index (χ0) is 13.1. The van der Waals surface area contributed by atoms with E-state index in [1.807, 2.05) is 20.0 Å². The first-order chi connectivity index (χ1) is 8.56. The number of hydrogen-bond donors (Lipinski definition) is 0. The predicted molar refractivity (Wildman–Crippen MR) is 75.0 cm³/mol. The Kier molecular flexibility index (Phi) is 4.17. The average Bonchev–Trinajstić information content (AvgIpc) is 2.35. The highest BCUT2D eigenvalue weighted by atomic mass is 15.2. The molecule has 4 nitrogen and oxygen atoms in total. The van der Waals surface area contributed by atoms with Crippen molar-refractivity contribution in [3.8, 4) is 0 Å². The Balaban J connectivity index is 1.98. The Hall–Kier alpha value is -1.16. The monoisotopic (exact) mass is 248 g/mol. The highest BCUT2D eigenvalue weighted by Crippen LogP contribution is 2.20. The van der Waals surface area contributed by atoms with Crippen molar-refractivity contribution < 1.29 is 0 Å². The smallest absolute Gasteiger partial charge is 0.150 e. The van der Waals surface area contributed by atoms with Gasteiger partial charge >= 0.3 is 0 Å². The fourth-order valence-corrected chi connectivity index (χ4v) is 2.60. The van der Waals surface area contributed by atoms with E-state index < -0.39 is 0 Å². The minimum absolute atomic E-state index is 0.785. The summed E-state index contributed by atoms with van der Waals surface area (Å²) in [6.07, 6.45) is 4.42. The molecule has 0 saturated carbocycles. The third-order valence-electron chi connectivity index (χ3n) is 3.78. The first-order valence-electron chi connectivity index (χ1n) is 6.76. The van der Waals surface area contributed by atoms with E-state index in [0.717, 1.165) is 29.7 Å². The molecule has 1 fully saturated rings. The molecule has 1 aromatic rings. The lowest BCUT2D eigenvalue weighted by molar-refractivity contribution is 0.222. The summed E-state index contributed by atoms with van der Waals surface area (Å²) in [7, 11) is 4.34. The van der Waals surface area contributed by atoms with Gasteiger partial charge in [-0.15, -0.1) is 0 Å². The maximum atomic E-state index is 4.61. The number of piperidine rings is 1. The Bertz CT molecular complexity index is 397. The molecule has 2 heterocycles. The van der Waals surface area contributed by atoms with Crippen molar-refractivity contribution in [1.29, 1.82) is 0 Å². The van der Waals surface area contributed by atoms with Crippen LogP contribution in [-0.4, -0.2) is 48.6 Å². The molecule has 0 spiro atoms. The molecule has 0 radical (unpaired) electrons. The highest BCUT2D eigenvalue weighted by Gasteiger charge is 2.19. The highest BCUT2D eigenvalue weighted by molar-refractivity contribution is 5.42. The second kappa shape index (κ2) is 5.65. The van der Waals surface area contributed by atoms with Crippen LogP contribution in [-0.2, 0) is 0 Å². The van der Waals surface area contributed by atoms with E-state index in [9.17, 15) is 0 Å². The molecule has 1 aromatic heterocycles. The van der Waals surface area contributed by atoms with Crippen LogP contribution in [0.4, 0.5) is 5.82 Å². The van der Waals surface area contributed by atoms with E-state index in [0.29, 0.717) is 0 Å². The van der Waals surface area contributed by atoms with Gasteiger partial charge in [0.25, 0.3) is 0 Å². The van der Waals surface area contributed by atoms with E-state index in [-0.39, 0.29) is 0 Å². The second-order valence-corrected chi connectivity index (χ2v) is 5.55. The number of nitrogens with zero attached hydrogens (tertiary/aromatic N) is 4. The molecule has 0 bridgehead atoms. The number of anilines is 1. The summed E-state index contributed by atoms with van der Waals surface area (Å²) in [6.45, 7) is 7.56. The van der Waals surface area contributed by atoms with Crippen molar-refractivity contribution in [3.63, 3.8) is 0 Å². The van der Waals surface area contributed by atoms with Crippen LogP contribution in [0.1, 0.15) is 24.2 Å².